The van der Waals surface area contributed by atoms with Crippen LogP contribution in [0.5, 0.6) is 5.75 Å². The fraction of sp³-hybridized carbons (Fsp3) is 0.368. The van der Waals surface area contributed by atoms with E-state index in [2.05, 4.69) is 24.1 Å². The number of carbonyl (C=O) groups excluding carboxylic acids is 1. The molecule has 0 aliphatic heterocycles. The Morgan fingerprint density at radius 2 is 1.88 bits per heavy atom. The third-order valence-corrected chi connectivity index (χ3v) is 8.27. The van der Waals surface area contributed by atoms with E-state index in [1.54, 1.807) is 36.5 Å². The van der Waals surface area contributed by atoms with Gasteiger partial charge in [-0.1, -0.05) is 38.1 Å². The maximum absolute atomic E-state index is 11.8. The van der Waals surface area contributed by atoms with Gasteiger partial charge in [0, 0.05) is 6.20 Å². The summed E-state index contributed by atoms with van der Waals surface area (Å²) in [5, 5.41) is 2.54. The van der Waals surface area contributed by atoms with E-state index in [0.717, 1.165) is 18.4 Å². The summed E-state index contributed by atoms with van der Waals surface area (Å²) in [6.07, 6.45) is 2.92. The van der Waals surface area contributed by atoms with E-state index in [4.69, 9.17) is 4.74 Å². The number of nitrogens with zero attached hydrogens (tertiary/aromatic N) is 1. The van der Waals surface area contributed by atoms with Crippen LogP contribution in [0.25, 0.3) is 0 Å². The molecule has 2 aromatic rings. The summed E-state index contributed by atoms with van der Waals surface area (Å²) in [7, 11) is -2.20. The van der Waals surface area contributed by atoms with Crippen LogP contribution in [-0.4, -0.2) is 24.2 Å². The van der Waals surface area contributed by atoms with Crippen LogP contribution in [0.4, 0.5) is 10.6 Å². The molecule has 0 saturated heterocycles. The van der Waals surface area contributed by atoms with Gasteiger partial charge in [0.25, 0.3) is 0 Å². The molecular formula is C19H26N2O3Si. The second kappa shape index (κ2) is 7.80. The van der Waals surface area contributed by atoms with E-state index in [9.17, 15) is 9.59 Å². The van der Waals surface area contributed by atoms with Crippen LogP contribution in [0.2, 0.25) is 18.1 Å². The highest BCUT2D eigenvalue weighted by atomic mass is 28.4. The molecule has 0 spiro atoms. The molecule has 2 rings (SSSR count). The largest absolute Gasteiger partial charge is 0.432 e. The minimum atomic E-state index is -2.20. The van der Waals surface area contributed by atoms with Crippen molar-refractivity contribution >= 4 is 20.2 Å². The van der Waals surface area contributed by atoms with Crippen molar-refractivity contribution in [3.8, 4) is 5.75 Å². The van der Waals surface area contributed by atoms with Crippen molar-refractivity contribution in [2.24, 2.45) is 0 Å². The van der Waals surface area contributed by atoms with Crippen LogP contribution >= 0.6 is 0 Å². The molecule has 0 aliphatic carbocycles. The number of amides is 1. The number of carbonyl (C=O) groups is 1. The average Bonchev–Trinajstić information content (AvgIpc) is 2.54. The average molecular weight is 359 g/mol. The van der Waals surface area contributed by atoms with Crippen molar-refractivity contribution in [2.45, 2.75) is 44.8 Å². The van der Waals surface area contributed by atoms with Crippen LogP contribution in [0.15, 0.2) is 48.7 Å². The first kappa shape index (κ1) is 19.1. The first-order chi connectivity index (χ1) is 11.7. The van der Waals surface area contributed by atoms with E-state index in [0.29, 0.717) is 11.6 Å². The summed E-state index contributed by atoms with van der Waals surface area (Å²) in [6.45, 7) is 8.16. The SMILES string of the molecule is CC(C)(CCc1ccc(NC(=O)Oc2ccccc2)nc1)[Si](C)(C)O. The molecule has 0 saturated carbocycles. The maximum Gasteiger partial charge on any atom is 0.418 e. The molecule has 1 heterocycles. The number of para-hydroxylation sites is 1. The van der Waals surface area contributed by atoms with Crippen LogP contribution < -0.4 is 10.1 Å². The molecule has 0 aliphatic rings. The molecule has 0 bridgehead atoms. The molecule has 2 N–H and O–H groups in total. The third-order valence-electron chi connectivity index (χ3n) is 4.70. The number of pyridine rings is 1. The van der Waals surface area contributed by atoms with Crippen LogP contribution in [0, 0.1) is 0 Å². The quantitative estimate of drug-likeness (QED) is 0.740. The molecule has 1 amide bonds. The lowest BCUT2D eigenvalue weighted by atomic mass is 10.0. The van der Waals surface area contributed by atoms with Gasteiger partial charge in [0.05, 0.1) is 0 Å². The van der Waals surface area contributed by atoms with E-state index in [1.807, 2.05) is 25.2 Å². The zero-order valence-corrected chi connectivity index (χ0v) is 16.2. The predicted octanol–water partition coefficient (Wildman–Crippen LogP) is 4.60. The normalized spacial score (nSPS) is 11.9. The Balaban J connectivity index is 1.88. The predicted molar refractivity (Wildman–Crippen MR) is 102 cm³/mol. The van der Waals surface area contributed by atoms with Gasteiger partial charge in [0.2, 0.25) is 0 Å². The fourth-order valence-corrected chi connectivity index (χ4v) is 2.87. The molecule has 1 aromatic heterocycles. The molecule has 0 radical (unpaired) electrons. The Labute approximate surface area is 150 Å². The number of aromatic nitrogens is 1. The molecule has 0 fully saturated rings. The summed E-state index contributed by atoms with van der Waals surface area (Å²) >= 11 is 0. The number of anilines is 1. The zero-order chi connectivity index (χ0) is 18.5. The lowest BCUT2D eigenvalue weighted by Crippen LogP contribution is -2.39. The maximum atomic E-state index is 11.8. The highest BCUT2D eigenvalue weighted by Gasteiger charge is 2.37. The second-order valence-corrected chi connectivity index (χ2v) is 11.8. The Hall–Kier alpha value is -2.18. The van der Waals surface area contributed by atoms with Crippen LogP contribution in [0.3, 0.4) is 0 Å². The van der Waals surface area contributed by atoms with Crippen molar-refractivity contribution in [1.82, 2.24) is 4.98 Å². The third kappa shape index (κ3) is 5.69. The van der Waals surface area contributed by atoms with Gasteiger partial charge in [-0.05, 0) is 54.7 Å². The van der Waals surface area contributed by atoms with E-state index >= 15 is 0 Å². The van der Waals surface area contributed by atoms with E-state index in [1.165, 1.54) is 0 Å². The first-order valence-electron chi connectivity index (χ1n) is 8.38. The molecule has 0 unspecified atom stereocenters. The lowest BCUT2D eigenvalue weighted by molar-refractivity contribution is 0.215. The van der Waals surface area contributed by atoms with Gasteiger partial charge >= 0.3 is 6.09 Å². The minimum Gasteiger partial charge on any atom is -0.432 e. The number of benzene rings is 1. The van der Waals surface area contributed by atoms with Crippen LogP contribution in [0.1, 0.15) is 25.8 Å². The van der Waals surface area contributed by atoms with Gasteiger partial charge in [-0.15, -0.1) is 0 Å². The summed E-state index contributed by atoms with van der Waals surface area (Å²) in [5.74, 6) is 0.926. The van der Waals surface area contributed by atoms with Crippen molar-refractivity contribution in [3.63, 3.8) is 0 Å². The molecule has 25 heavy (non-hydrogen) atoms. The Kier molecular flexibility index (Phi) is 5.97. The topological polar surface area (TPSA) is 71.5 Å². The second-order valence-electron chi connectivity index (χ2n) is 7.32. The van der Waals surface area contributed by atoms with Crippen molar-refractivity contribution < 1.29 is 14.3 Å². The summed E-state index contributed by atoms with van der Waals surface area (Å²) in [4.78, 5) is 26.4. The van der Waals surface area contributed by atoms with Gasteiger partial charge in [0.1, 0.15) is 11.6 Å². The van der Waals surface area contributed by atoms with E-state index in [-0.39, 0.29) is 5.04 Å². The number of aryl methyl sites for hydroxylation is 1. The molecule has 0 atom stereocenters. The van der Waals surface area contributed by atoms with Crippen LogP contribution in [-0.2, 0) is 6.42 Å². The van der Waals surface area contributed by atoms with Gasteiger partial charge in [-0.3, -0.25) is 5.32 Å². The molecule has 5 nitrogen and oxygen atoms in total. The smallest absolute Gasteiger partial charge is 0.418 e. The van der Waals surface area contributed by atoms with Crippen molar-refractivity contribution in [3.05, 3.63) is 54.2 Å². The number of ether oxygens (including phenoxy) is 1. The number of hydrogen-bond donors (Lipinski definition) is 2. The van der Waals surface area contributed by atoms with Gasteiger partial charge in [0.15, 0.2) is 8.32 Å². The molecule has 1 aromatic carbocycles. The summed E-state index contributed by atoms with van der Waals surface area (Å²) in [6, 6.07) is 12.6. The Morgan fingerprint density at radius 3 is 2.44 bits per heavy atom. The summed E-state index contributed by atoms with van der Waals surface area (Å²) in [5.41, 5.74) is 1.08. The summed E-state index contributed by atoms with van der Waals surface area (Å²) < 4.78 is 5.16. The lowest BCUT2D eigenvalue weighted by Gasteiger charge is -2.35. The van der Waals surface area contributed by atoms with Crippen molar-refractivity contribution in [2.75, 3.05) is 5.32 Å². The highest BCUT2D eigenvalue weighted by Crippen LogP contribution is 2.39. The number of hydrogen-bond acceptors (Lipinski definition) is 4. The van der Waals surface area contributed by atoms with Crippen molar-refractivity contribution in [1.29, 1.82) is 0 Å². The number of nitrogens with one attached hydrogen (secondary N) is 1. The zero-order valence-electron chi connectivity index (χ0n) is 15.2. The first-order valence-corrected chi connectivity index (χ1v) is 11.3. The fourth-order valence-electron chi connectivity index (χ4n) is 2.13. The van der Waals surface area contributed by atoms with Gasteiger partial charge < -0.3 is 9.53 Å². The standard InChI is InChI=1S/C19H26N2O3Si/c1-19(2,25(3,4)23)13-12-15-10-11-17(20-14-15)21-18(22)24-16-8-6-5-7-9-16/h5-11,14,23H,12-13H2,1-4H3,(H,20,21,22). The minimum absolute atomic E-state index is 0.0661. The molecule has 6 heteroatoms. The molecular weight excluding hydrogens is 332 g/mol. The molecule has 134 valence electrons. The van der Waals surface area contributed by atoms with Gasteiger partial charge in [-0.2, -0.15) is 0 Å². The van der Waals surface area contributed by atoms with E-state index < -0.39 is 14.4 Å². The number of rotatable bonds is 6. The monoisotopic (exact) mass is 358 g/mol. The highest BCUT2D eigenvalue weighted by molar-refractivity contribution is 6.72. The Morgan fingerprint density at radius 1 is 1.20 bits per heavy atom. The van der Waals surface area contributed by atoms with Gasteiger partial charge in [-0.25, -0.2) is 9.78 Å². The Bertz CT molecular complexity index is 695.